The second-order valence-corrected chi connectivity index (χ2v) is 5.63. The average molecular weight is 275 g/mol. The van der Waals surface area contributed by atoms with Crippen LogP contribution >= 0.6 is 0 Å². The molecule has 0 radical (unpaired) electrons. The molecule has 110 valence electrons. The molecular formula is C16H25N3O. The third kappa shape index (κ3) is 3.81. The lowest BCUT2D eigenvalue weighted by Gasteiger charge is -2.31. The SMILES string of the molecule is CNC1CCN(CC(=O)Nc2cccc(C)c2C)CC1. The fraction of sp³-hybridized carbons (Fsp3) is 0.562. The second-order valence-electron chi connectivity index (χ2n) is 5.63. The third-order valence-electron chi connectivity index (χ3n) is 4.24. The van der Waals surface area contributed by atoms with Gasteiger partial charge in [0, 0.05) is 24.8 Å². The van der Waals surface area contributed by atoms with E-state index in [2.05, 4.69) is 28.5 Å². The Bertz CT molecular complexity index is 465. The highest BCUT2D eigenvalue weighted by Gasteiger charge is 2.19. The van der Waals surface area contributed by atoms with Gasteiger partial charge in [0.05, 0.1) is 6.54 Å². The normalized spacial score (nSPS) is 17.1. The summed E-state index contributed by atoms with van der Waals surface area (Å²) in [4.78, 5) is 14.4. The molecule has 1 aromatic rings. The van der Waals surface area contributed by atoms with Gasteiger partial charge in [0.25, 0.3) is 0 Å². The summed E-state index contributed by atoms with van der Waals surface area (Å²) in [6.07, 6.45) is 2.24. The predicted molar refractivity (Wildman–Crippen MR) is 83.1 cm³/mol. The van der Waals surface area contributed by atoms with E-state index in [9.17, 15) is 4.79 Å². The smallest absolute Gasteiger partial charge is 0.238 e. The van der Waals surface area contributed by atoms with Crippen molar-refractivity contribution in [3.05, 3.63) is 29.3 Å². The lowest BCUT2D eigenvalue weighted by molar-refractivity contribution is -0.117. The number of hydrogen-bond acceptors (Lipinski definition) is 3. The Morgan fingerprint density at radius 3 is 2.65 bits per heavy atom. The molecule has 1 heterocycles. The predicted octanol–water partition coefficient (Wildman–Crippen LogP) is 1.93. The number of aryl methyl sites for hydroxylation is 1. The van der Waals surface area contributed by atoms with E-state index in [1.807, 2.05) is 26.1 Å². The van der Waals surface area contributed by atoms with Gasteiger partial charge in [-0.05, 0) is 50.9 Å². The number of nitrogens with zero attached hydrogens (tertiary/aromatic N) is 1. The monoisotopic (exact) mass is 275 g/mol. The quantitative estimate of drug-likeness (QED) is 0.882. The lowest BCUT2D eigenvalue weighted by Crippen LogP contribution is -2.44. The van der Waals surface area contributed by atoms with E-state index in [0.29, 0.717) is 12.6 Å². The Kier molecular flexibility index (Phi) is 5.15. The van der Waals surface area contributed by atoms with Gasteiger partial charge in [-0.1, -0.05) is 12.1 Å². The van der Waals surface area contributed by atoms with Gasteiger partial charge in [-0.2, -0.15) is 0 Å². The molecule has 2 rings (SSSR count). The molecule has 2 N–H and O–H groups in total. The highest BCUT2D eigenvalue weighted by molar-refractivity contribution is 5.93. The fourth-order valence-electron chi connectivity index (χ4n) is 2.66. The van der Waals surface area contributed by atoms with Crippen molar-refractivity contribution in [2.45, 2.75) is 32.7 Å². The van der Waals surface area contributed by atoms with Crippen molar-refractivity contribution in [2.75, 3.05) is 32.0 Å². The van der Waals surface area contributed by atoms with E-state index >= 15 is 0 Å². The van der Waals surface area contributed by atoms with Crippen LogP contribution in [0.2, 0.25) is 0 Å². The maximum atomic E-state index is 12.1. The lowest BCUT2D eigenvalue weighted by atomic mass is 10.1. The van der Waals surface area contributed by atoms with Crippen LogP contribution in [-0.4, -0.2) is 43.5 Å². The maximum absolute atomic E-state index is 12.1. The van der Waals surface area contributed by atoms with Crippen LogP contribution in [0, 0.1) is 13.8 Å². The molecule has 4 heteroatoms. The Morgan fingerprint density at radius 2 is 2.00 bits per heavy atom. The number of rotatable bonds is 4. The first-order valence-electron chi connectivity index (χ1n) is 7.36. The average Bonchev–Trinajstić information content (AvgIpc) is 2.45. The summed E-state index contributed by atoms with van der Waals surface area (Å²) in [6.45, 7) is 6.58. The van der Waals surface area contributed by atoms with Gasteiger partial charge in [0.1, 0.15) is 0 Å². The third-order valence-corrected chi connectivity index (χ3v) is 4.24. The number of carbonyl (C=O) groups is 1. The van der Waals surface area contributed by atoms with E-state index in [-0.39, 0.29) is 5.91 Å². The van der Waals surface area contributed by atoms with Gasteiger partial charge in [-0.25, -0.2) is 0 Å². The molecule has 0 aliphatic carbocycles. The number of carbonyl (C=O) groups excluding carboxylic acids is 1. The van der Waals surface area contributed by atoms with Gasteiger partial charge in [-0.15, -0.1) is 0 Å². The van der Waals surface area contributed by atoms with Crippen molar-refractivity contribution in [2.24, 2.45) is 0 Å². The first-order chi connectivity index (χ1) is 9.60. The second kappa shape index (κ2) is 6.86. The molecular weight excluding hydrogens is 250 g/mol. The zero-order chi connectivity index (χ0) is 14.5. The molecule has 0 aromatic heterocycles. The summed E-state index contributed by atoms with van der Waals surface area (Å²) in [6, 6.07) is 6.62. The van der Waals surface area contributed by atoms with Gasteiger partial charge >= 0.3 is 0 Å². The van der Waals surface area contributed by atoms with Gasteiger partial charge in [0.15, 0.2) is 0 Å². The van der Waals surface area contributed by atoms with E-state index < -0.39 is 0 Å². The van der Waals surface area contributed by atoms with Crippen LogP contribution in [0.25, 0.3) is 0 Å². The molecule has 0 atom stereocenters. The number of nitrogens with one attached hydrogen (secondary N) is 2. The van der Waals surface area contributed by atoms with Crippen LogP contribution in [-0.2, 0) is 4.79 Å². The van der Waals surface area contributed by atoms with Crippen molar-refractivity contribution >= 4 is 11.6 Å². The molecule has 4 nitrogen and oxygen atoms in total. The molecule has 1 aromatic carbocycles. The summed E-state index contributed by atoms with van der Waals surface area (Å²) < 4.78 is 0. The number of anilines is 1. The van der Waals surface area contributed by atoms with Crippen molar-refractivity contribution in [1.29, 1.82) is 0 Å². The zero-order valence-corrected chi connectivity index (χ0v) is 12.7. The van der Waals surface area contributed by atoms with Crippen LogP contribution < -0.4 is 10.6 Å². The topological polar surface area (TPSA) is 44.4 Å². The van der Waals surface area contributed by atoms with Crippen molar-refractivity contribution in [3.63, 3.8) is 0 Å². The summed E-state index contributed by atoms with van der Waals surface area (Å²) in [5.41, 5.74) is 3.28. The minimum absolute atomic E-state index is 0.0848. The van der Waals surface area contributed by atoms with Crippen LogP contribution in [0.15, 0.2) is 18.2 Å². The number of amides is 1. The van der Waals surface area contributed by atoms with Crippen LogP contribution in [0.1, 0.15) is 24.0 Å². The molecule has 1 fully saturated rings. The summed E-state index contributed by atoms with van der Waals surface area (Å²) in [5.74, 6) is 0.0848. The fourth-order valence-corrected chi connectivity index (χ4v) is 2.66. The Morgan fingerprint density at radius 1 is 1.30 bits per heavy atom. The van der Waals surface area contributed by atoms with Gasteiger partial charge in [-0.3, -0.25) is 9.69 Å². The summed E-state index contributed by atoms with van der Waals surface area (Å²) in [5, 5.41) is 6.33. The molecule has 20 heavy (non-hydrogen) atoms. The first kappa shape index (κ1) is 15.0. The molecule has 1 saturated heterocycles. The summed E-state index contributed by atoms with van der Waals surface area (Å²) >= 11 is 0. The molecule has 0 spiro atoms. The number of likely N-dealkylation sites (tertiary alicyclic amines) is 1. The van der Waals surface area contributed by atoms with E-state index in [1.165, 1.54) is 5.56 Å². The molecule has 0 unspecified atom stereocenters. The first-order valence-corrected chi connectivity index (χ1v) is 7.36. The maximum Gasteiger partial charge on any atom is 0.238 e. The minimum atomic E-state index is 0.0848. The molecule has 1 amide bonds. The van der Waals surface area contributed by atoms with Crippen molar-refractivity contribution in [1.82, 2.24) is 10.2 Å². The van der Waals surface area contributed by atoms with Gasteiger partial charge < -0.3 is 10.6 Å². The van der Waals surface area contributed by atoms with Crippen molar-refractivity contribution < 1.29 is 4.79 Å². The number of benzene rings is 1. The Labute approximate surface area is 121 Å². The highest BCUT2D eigenvalue weighted by Crippen LogP contribution is 2.18. The van der Waals surface area contributed by atoms with Crippen LogP contribution in [0.4, 0.5) is 5.69 Å². The summed E-state index contributed by atoms with van der Waals surface area (Å²) in [7, 11) is 2.01. The Hall–Kier alpha value is -1.39. The molecule has 0 saturated carbocycles. The molecule has 1 aliphatic heterocycles. The standard InChI is InChI=1S/C16H25N3O/c1-12-5-4-6-15(13(12)2)18-16(20)11-19-9-7-14(17-3)8-10-19/h4-6,14,17H,7-11H2,1-3H3,(H,18,20). The van der Waals surface area contributed by atoms with Crippen LogP contribution in [0.3, 0.4) is 0 Å². The van der Waals surface area contributed by atoms with Gasteiger partial charge in [0.2, 0.25) is 5.91 Å². The highest BCUT2D eigenvalue weighted by atomic mass is 16.2. The van der Waals surface area contributed by atoms with E-state index in [0.717, 1.165) is 37.2 Å². The number of piperidine rings is 1. The minimum Gasteiger partial charge on any atom is -0.325 e. The zero-order valence-electron chi connectivity index (χ0n) is 12.7. The van der Waals surface area contributed by atoms with Crippen molar-refractivity contribution in [3.8, 4) is 0 Å². The van der Waals surface area contributed by atoms with Crippen LogP contribution in [0.5, 0.6) is 0 Å². The largest absolute Gasteiger partial charge is 0.325 e. The molecule has 1 aliphatic rings. The van der Waals surface area contributed by atoms with E-state index in [4.69, 9.17) is 0 Å². The Balaban J connectivity index is 1.85. The molecule has 0 bridgehead atoms. The number of hydrogen-bond donors (Lipinski definition) is 2. The van der Waals surface area contributed by atoms with E-state index in [1.54, 1.807) is 0 Å².